The Labute approximate surface area is 194 Å². The molecule has 1 N–H and O–H groups in total. The van der Waals surface area contributed by atoms with Gasteiger partial charge in [-0.05, 0) is 25.7 Å². The van der Waals surface area contributed by atoms with Crippen LogP contribution in [0, 0.1) is 5.92 Å². The molecule has 180 valence electrons. The van der Waals surface area contributed by atoms with E-state index < -0.39 is 16.0 Å². The van der Waals surface area contributed by atoms with Crippen LogP contribution in [-0.2, 0) is 19.6 Å². The lowest BCUT2D eigenvalue weighted by molar-refractivity contribution is -0.125. The van der Waals surface area contributed by atoms with Gasteiger partial charge >= 0.3 is 5.97 Å². The summed E-state index contributed by atoms with van der Waals surface area (Å²) >= 11 is 0.956. The minimum absolute atomic E-state index is 0.00125. The predicted octanol–water partition coefficient (Wildman–Crippen LogP) is 3.56. The lowest BCUT2D eigenvalue weighted by Crippen LogP contribution is -2.49. The summed E-state index contributed by atoms with van der Waals surface area (Å²) in [6.45, 7) is 0.674. The van der Waals surface area contributed by atoms with Crippen LogP contribution in [0.2, 0.25) is 0 Å². The molecule has 2 heterocycles. The van der Waals surface area contributed by atoms with E-state index in [1.807, 2.05) is 0 Å². The van der Waals surface area contributed by atoms with Gasteiger partial charge in [-0.3, -0.25) is 4.79 Å². The highest BCUT2D eigenvalue weighted by Crippen LogP contribution is 2.38. The molecule has 1 aliphatic heterocycles. The zero-order valence-corrected chi connectivity index (χ0v) is 20.6. The minimum atomic E-state index is -3.89. The van der Waals surface area contributed by atoms with Gasteiger partial charge in [0.25, 0.3) is 10.0 Å². The SMILES string of the molecule is COC(=O)c1csc(S(=O)(=O)N2CCCCC2CNC(=O)C2CCCCCCC2)c1OC. The second-order valence-electron chi connectivity index (χ2n) is 8.51. The van der Waals surface area contributed by atoms with Gasteiger partial charge in [0.2, 0.25) is 5.91 Å². The number of piperidine rings is 1. The van der Waals surface area contributed by atoms with Gasteiger partial charge in [-0.2, -0.15) is 4.31 Å². The summed E-state index contributed by atoms with van der Waals surface area (Å²) < 4.78 is 38.5. The molecule has 1 unspecified atom stereocenters. The highest BCUT2D eigenvalue weighted by atomic mass is 32.2. The lowest BCUT2D eigenvalue weighted by Gasteiger charge is -2.35. The van der Waals surface area contributed by atoms with Crippen molar-refractivity contribution >= 4 is 33.2 Å². The van der Waals surface area contributed by atoms with Crippen LogP contribution in [0.4, 0.5) is 0 Å². The van der Waals surface area contributed by atoms with E-state index in [4.69, 9.17) is 9.47 Å². The van der Waals surface area contributed by atoms with E-state index in [1.54, 1.807) is 0 Å². The molecule has 3 rings (SSSR count). The van der Waals surface area contributed by atoms with Crippen molar-refractivity contribution in [2.75, 3.05) is 27.3 Å². The number of thiophene rings is 1. The van der Waals surface area contributed by atoms with Crippen molar-refractivity contribution in [2.24, 2.45) is 5.92 Å². The van der Waals surface area contributed by atoms with E-state index in [0.29, 0.717) is 19.5 Å². The van der Waals surface area contributed by atoms with Crippen LogP contribution in [0.3, 0.4) is 0 Å². The topological polar surface area (TPSA) is 102 Å². The molecule has 8 nitrogen and oxygen atoms in total. The maximum absolute atomic E-state index is 13.5. The third-order valence-electron chi connectivity index (χ3n) is 6.43. The monoisotopic (exact) mass is 486 g/mol. The van der Waals surface area contributed by atoms with Gasteiger partial charge in [0, 0.05) is 30.4 Å². The van der Waals surface area contributed by atoms with E-state index in [9.17, 15) is 18.0 Å². The zero-order chi connectivity index (χ0) is 23.1. The first-order chi connectivity index (χ1) is 15.4. The summed E-state index contributed by atoms with van der Waals surface area (Å²) in [5, 5.41) is 4.49. The highest BCUT2D eigenvalue weighted by molar-refractivity contribution is 7.91. The average molecular weight is 487 g/mol. The van der Waals surface area contributed by atoms with Gasteiger partial charge in [0.05, 0.1) is 14.2 Å². The maximum Gasteiger partial charge on any atom is 0.342 e. The normalized spacial score (nSPS) is 21.4. The smallest absolute Gasteiger partial charge is 0.342 e. The molecule has 32 heavy (non-hydrogen) atoms. The van der Waals surface area contributed by atoms with Gasteiger partial charge in [0.1, 0.15) is 5.56 Å². The fourth-order valence-electron chi connectivity index (χ4n) is 4.63. The molecule has 1 aromatic heterocycles. The van der Waals surface area contributed by atoms with Crippen LogP contribution in [0.25, 0.3) is 0 Å². The molecule has 0 aromatic carbocycles. The summed E-state index contributed by atoms with van der Waals surface area (Å²) in [6.07, 6.45) is 9.89. The number of amides is 1. The standard InChI is InChI=1S/C22H34N2O6S2/c1-29-19-18(21(26)30-2)15-31-22(19)32(27,28)24-13-9-8-12-17(24)14-23-20(25)16-10-6-4-3-5-7-11-16/h15-17H,3-14H2,1-2H3,(H,23,25). The van der Waals surface area contributed by atoms with Gasteiger partial charge in [-0.1, -0.05) is 38.5 Å². The number of nitrogens with zero attached hydrogens (tertiary/aromatic N) is 1. The molecule has 1 amide bonds. The summed E-state index contributed by atoms with van der Waals surface area (Å²) in [4.78, 5) is 24.8. The first kappa shape index (κ1) is 25.0. The molecule has 0 radical (unpaired) electrons. The number of sulfonamides is 1. The van der Waals surface area contributed by atoms with Crippen molar-refractivity contribution in [3.05, 3.63) is 10.9 Å². The first-order valence-electron chi connectivity index (χ1n) is 11.4. The molecular weight excluding hydrogens is 452 g/mol. The molecule has 2 aliphatic rings. The van der Waals surface area contributed by atoms with Crippen molar-refractivity contribution in [1.29, 1.82) is 0 Å². The van der Waals surface area contributed by atoms with Crippen molar-refractivity contribution in [3.63, 3.8) is 0 Å². The Morgan fingerprint density at radius 3 is 2.38 bits per heavy atom. The molecule has 1 aromatic rings. The Morgan fingerprint density at radius 2 is 1.72 bits per heavy atom. The van der Waals surface area contributed by atoms with E-state index >= 15 is 0 Å². The predicted molar refractivity (Wildman–Crippen MR) is 123 cm³/mol. The van der Waals surface area contributed by atoms with Crippen molar-refractivity contribution in [3.8, 4) is 5.75 Å². The number of hydrogen-bond donors (Lipinski definition) is 1. The molecule has 0 spiro atoms. The summed E-state index contributed by atoms with van der Waals surface area (Å²) in [7, 11) is -1.30. The van der Waals surface area contributed by atoms with Crippen molar-refractivity contribution < 1.29 is 27.5 Å². The van der Waals surface area contributed by atoms with Crippen LogP contribution >= 0.6 is 11.3 Å². The van der Waals surface area contributed by atoms with Gasteiger partial charge < -0.3 is 14.8 Å². The Kier molecular flexibility index (Phi) is 8.95. The van der Waals surface area contributed by atoms with Gasteiger partial charge in [0.15, 0.2) is 9.96 Å². The molecule has 1 saturated heterocycles. The number of esters is 1. The first-order valence-corrected chi connectivity index (χ1v) is 13.8. The van der Waals surface area contributed by atoms with Crippen molar-refractivity contribution in [1.82, 2.24) is 9.62 Å². The Bertz CT molecular complexity index is 890. The van der Waals surface area contributed by atoms with Crippen LogP contribution < -0.4 is 10.1 Å². The fraction of sp³-hybridized carbons (Fsp3) is 0.727. The molecule has 10 heteroatoms. The number of hydrogen-bond acceptors (Lipinski definition) is 7. The maximum atomic E-state index is 13.5. The number of rotatable bonds is 7. The number of nitrogens with one attached hydrogen (secondary N) is 1. The largest absolute Gasteiger partial charge is 0.494 e. The second kappa shape index (κ2) is 11.5. The van der Waals surface area contributed by atoms with Gasteiger partial charge in [-0.15, -0.1) is 11.3 Å². The van der Waals surface area contributed by atoms with Crippen LogP contribution in [0.5, 0.6) is 5.75 Å². The fourth-order valence-corrected chi connectivity index (χ4v) is 7.86. The van der Waals surface area contributed by atoms with Crippen LogP contribution in [0.1, 0.15) is 74.6 Å². The third kappa shape index (κ3) is 5.63. The third-order valence-corrected chi connectivity index (χ3v) is 9.85. The molecule has 2 fully saturated rings. The summed E-state index contributed by atoms with van der Waals surface area (Å²) in [6, 6.07) is -0.320. The quantitative estimate of drug-likeness (QED) is 0.591. The van der Waals surface area contributed by atoms with Crippen LogP contribution in [0.15, 0.2) is 9.59 Å². The van der Waals surface area contributed by atoms with E-state index in [1.165, 1.54) is 43.2 Å². The average Bonchev–Trinajstić information content (AvgIpc) is 3.22. The Balaban J connectivity index is 1.73. The van der Waals surface area contributed by atoms with E-state index in [2.05, 4.69) is 5.32 Å². The number of ether oxygens (including phenoxy) is 2. The van der Waals surface area contributed by atoms with E-state index in [0.717, 1.165) is 49.9 Å². The van der Waals surface area contributed by atoms with Gasteiger partial charge in [-0.25, -0.2) is 13.2 Å². The highest BCUT2D eigenvalue weighted by Gasteiger charge is 2.38. The molecule has 1 saturated carbocycles. The Hall–Kier alpha value is -1.65. The molecular formula is C22H34N2O6S2. The zero-order valence-electron chi connectivity index (χ0n) is 18.9. The minimum Gasteiger partial charge on any atom is -0.494 e. The number of methoxy groups -OCH3 is 2. The molecule has 1 atom stereocenters. The summed E-state index contributed by atoms with van der Waals surface area (Å²) in [5.74, 6) is -0.564. The summed E-state index contributed by atoms with van der Waals surface area (Å²) in [5.41, 5.74) is 0.102. The number of carbonyl (C=O) groups excluding carboxylic acids is 2. The molecule has 1 aliphatic carbocycles. The second-order valence-corrected chi connectivity index (χ2v) is 11.5. The number of carbonyl (C=O) groups is 2. The van der Waals surface area contributed by atoms with Crippen molar-refractivity contribution in [2.45, 2.75) is 74.5 Å². The van der Waals surface area contributed by atoms with E-state index in [-0.39, 0.29) is 33.4 Å². The molecule has 0 bridgehead atoms. The van der Waals surface area contributed by atoms with Crippen LogP contribution in [-0.4, -0.2) is 58.0 Å². The Morgan fingerprint density at radius 1 is 1.06 bits per heavy atom. The lowest BCUT2D eigenvalue weighted by atomic mass is 9.90.